The molecule has 11 heteroatoms. The minimum atomic E-state index is -0.325. The van der Waals surface area contributed by atoms with Crippen LogP contribution < -0.4 is 10.2 Å². The Kier molecular flexibility index (Phi) is 9.47. The number of esters is 1. The summed E-state index contributed by atoms with van der Waals surface area (Å²) >= 11 is 6.19. The van der Waals surface area contributed by atoms with Gasteiger partial charge in [0.1, 0.15) is 0 Å². The van der Waals surface area contributed by atoms with Crippen LogP contribution in [0.4, 0.5) is 17.3 Å². The van der Waals surface area contributed by atoms with Crippen molar-refractivity contribution in [1.82, 2.24) is 24.4 Å². The van der Waals surface area contributed by atoms with Crippen LogP contribution in [0.5, 0.6) is 0 Å². The van der Waals surface area contributed by atoms with Crippen molar-refractivity contribution in [1.29, 1.82) is 0 Å². The summed E-state index contributed by atoms with van der Waals surface area (Å²) < 4.78 is 7.15. The van der Waals surface area contributed by atoms with Gasteiger partial charge in [-0.3, -0.25) is 9.59 Å². The van der Waals surface area contributed by atoms with Gasteiger partial charge in [0.25, 0.3) is 5.91 Å². The number of ether oxygens (including phenoxy) is 1. The summed E-state index contributed by atoms with van der Waals surface area (Å²) in [5.74, 6) is 0.341. The van der Waals surface area contributed by atoms with Gasteiger partial charge in [0.2, 0.25) is 5.95 Å². The number of hydrogen-bond acceptors (Lipinski definition) is 8. The smallest absolute Gasteiger partial charge is 0.306 e. The molecule has 2 aliphatic rings. The number of carbonyl (C=O) groups is 2. The molecule has 0 bridgehead atoms. The summed E-state index contributed by atoms with van der Waals surface area (Å²) in [4.78, 5) is 37.2. The summed E-state index contributed by atoms with van der Waals surface area (Å²) in [7, 11) is 4.03. The zero-order valence-electron chi connectivity index (χ0n) is 26.8. The third-order valence-corrected chi connectivity index (χ3v) is 9.84. The van der Waals surface area contributed by atoms with Crippen LogP contribution in [0.25, 0.3) is 5.65 Å². The Morgan fingerprint density at radius 2 is 1.72 bits per heavy atom. The standard InChI is InChI=1S/C35H42ClN7O3/c1-4-46-31(44)24-35(26-9-11-27(36)12-10-26)17-22-42(23-18-35)30-6-5-19-43-32(30)38-34(39-43)37-28-13-7-25(8-14-28)33(45)41(3)29-15-20-40(2)21-16-29/h5-14,19,29H,4,15-18,20-24H2,1-3H3,(H,37,39). The minimum Gasteiger partial charge on any atom is -0.466 e. The van der Waals surface area contributed by atoms with E-state index in [9.17, 15) is 9.59 Å². The zero-order valence-corrected chi connectivity index (χ0v) is 27.5. The number of anilines is 3. The normalized spacial score (nSPS) is 17.2. The lowest BCUT2D eigenvalue weighted by atomic mass is 9.70. The van der Waals surface area contributed by atoms with E-state index in [2.05, 4.69) is 33.3 Å². The van der Waals surface area contributed by atoms with Crippen molar-refractivity contribution < 1.29 is 14.3 Å². The lowest BCUT2D eigenvalue weighted by molar-refractivity contribution is -0.144. The summed E-state index contributed by atoms with van der Waals surface area (Å²) in [5, 5.41) is 8.66. The van der Waals surface area contributed by atoms with E-state index >= 15 is 0 Å². The Hall–Kier alpha value is -4.15. The molecule has 2 aromatic heterocycles. The van der Waals surface area contributed by atoms with Crippen molar-refractivity contribution >= 4 is 46.4 Å². The Bertz CT molecular complexity index is 1660. The maximum Gasteiger partial charge on any atom is 0.306 e. The molecule has 0 aliphatic carbocycles. The minimum absolute atomic E-state index is 0.0421. The van der Waals surface area contributed by atoms with Crippen molar-refractivity contribution in [3.05, 3.63) is 83.0 Å². The molecule has 2 saturated heterocycles. The lowest BCUT2D eigenvalue weighted by Gasteiger charge is -2.42. The number of aromatic nitrogens is 3. The number of rotatable bonds is 9. The number of carbonyl (C=O) groups excluding carboxylic acids is 2. The predicted octanol–water partition coefficient (Wildman–Crippen LogP) is 5.78. The van der Waals surface area contributed by atoms with E-state index in [0.29, 0.717) is 29.6 Å². The van der Waals surface area contributed by atoms with Gasteiger partial charge >= 0.3 is 5.97 Å². The molecule has 1 amide bonds. The highest BCUT2D eigenvalue weighted by atomic mass is 35.5. The Morgan fingerprint density at radius 3 is 2.39 bits per heavy atom. The van der Waals surface area contributed by atoms with Crippen LogP contribution in [0.15, 0.2) is 66.9 Å². The van der Waals surface area contributed by atoms with Crippen LogP contribution >= 0.6 is 11.6 Å². The number of hydrogen-bond donors (Lipinski definition) is 1. The molecule has 0 spiro atoms. The second kappa shape index (κ2) is 13.7. The summed E-state index contributed by atoms with van der Waals surface area (Å²) in [6.07, 6.45) is 5.78. The molecule has 1 N–H and O–H groups in total. The first-order valence-corrected chi connectivity index (χ1v) is 16.5. The molecule has 10 nitrogen and oxygen atoms in total. The van der Waals surface area contributed by atoms with Gasteiger partial charge in [0.05, 0.1) is 18.7 Å². The molecular formula is C35H42ClN7O3. The van der Waals surface area contributed by atoms with Crippen molar-refractivity contribution in [3.63, 3.8) is 0 Å². The van der Waals surface area contributed by atoms with Gasteiger partial charge in [-0.15, -0.1) is 5.10 Å². The fourth-order valence-electron chi connectivity index (χ4n) is 6.80. The number of pyridine rings is 1. The molecule has 242 valence electrons. The van der Waals surface area contributed by atoms with E-state index in [1.165, 1.54) is 0 Å². The van der Waals surface area contributed by atoms with Gasteiger partial charge in [0, 0.05) is 54.1 Å². The van der Waals surface area contributed by atoms with Gasteiger partial charge in [-0.05, 0) is 107 Å². The second-order valence-corrected chi connectivity index (χ2v) is 12.9. The summed E-state index contributed by atoms with van der Waals surface area (Å²) in [6, 6.07) is 19.7. The second-order valence-electron chi connectivity index (χ2n) is 12.5. The fourth-order valence-corrected chi connectivity index (χ4v) is 6.93. The van der Waals surface area contributed by atoms with E-state index in [0.717, 1.165) is 74.4 Å². The predicted molar refractivity (Wildman–Crippen MR) is 181 cm³/mol. The number of halogens is 1. The third kappa shape index (κ3) is 6.83. The maximum atomic E-state index is 13.1. The molecule has 6 rings (SSSR count). The topological polar surface area (TPSA) is 95.3 Å². The van der Waals surface area contributed by atoms with Crippen molar-refractivity contribution in [2.45, 2.75) is 50.5 Å². The van der Waals surface area contributed by atoms with Crippen LogP contribution in [0.3, 0.4) is 0 Å². The molecule has 0 radical (unpaired) electrons. The van der Waals surface area contributed by atoms with Gasteiger partial charge in [0.15, 0.2) is 5.65 Å². The first-order valence-electron chi connectivity index (χ1n) is 16.1. The molecule has 46 heavy (non-hydrogen) atoms. The summed E-state index contributed by atoms with van der Waals surface area (Å²) in [6.45, 7) is 5.72. The van der Waals surface area contributed by atoms with Crippen LogP contribution in [0.1, 0.15) is 54.9 Å². The quantitative estimate of drug-likeness (QED) is 0.229. The maximum absolute atomic E-state index is 13.1. The molecule has 2 aromatic carbocycles. The van der Waals surface area contributed by atoms with Gasteiger partial charge in [-0.1, -0.05) is 23.7 Å². The lowest BCUT2D eigenvalue weighted by Crippen LogP contribution is -2.44. The molecular weight excluding hydrogens is 602 g/mol. The molecule has 0 atom stereocenters. The van der Waals surface area contributed by atoms with Crippen molar-refractivity contribution in [2.24, 2.45) is 0 Å². The van der Waals surface area contributed by atoms with Crippen molar-refractivity contribution in [3.8, 4) is 0 Å². The molecule has 0 saturated carbocycles. The van der Waals surface area contributed by atoms with E-state index in [1.54, 1.807) is 4.52 Å². The number of amides is 1. The van der Waals surface area contributed by atoms with Crippen LogP contribution in [0, 0.1) is 0 Å². The Morgan fingerprint density at radius 1 is 1.02 bits per heavy atom. The fraction of sp³-hybridized carbons (Fsp3) is 0.429. The van der Waals surface area contributed by atoms with Gasteiger partial charge in [-0.2, -0.15) is 4.98 Å². The van der Waals surface area contributed by atoms with E-state index in [1.807, 2.05) is 79.7 Å². The Balaban J connectivity index is 1.14. The van der Waals surface area contributed by atoms with Crippen LogP contribution in [0.2, 0.25) is 5.02 Å². The first-order chi connectivity index (χ1) is 22.2. The first kappa shape index (κ1) is 31.8. The van der Waals surface area contributed by atoms with E-state index in [-0.39, 0.29) is 23.3 Å². The third-order valence-electron chi connectivity index (χ3n) is 9.59. The molecule has 2 aliphatic heterocycles. The average molecular weight is 644 g/mol. The largest absolute Gasteiger partial charge is 0.466 e. The number of fused-ring (bicyclic) bond motifs is 1. The van der Waals surface area contributed by atoms with Crippen LogP contribution in [-0.4, -0.2) is 89.2 Å². The van der Waals surface area contributed by atoms with Crippen molar-refractivity contribution in [2.75, 3.05) is 57.1 Å². The zero-order chi connectivity index (χ0) is 32.3. The number of piperidine rings is 2. The highest BCUT2D eigenvalue weighted by Crippen LogP contribution is 2.41. The molecule has 4 heterocycles. The number of likely N-dealkylation sites (tertiary alicyclic amines) is 1. The monoisotopic (exact) mass is 643 g/mol. The van der Waals surface area contributed by atoms with Gasteiger partial charge < -0.3 is 24.8 Å². The highest BCUT2D eigenvalue weighted by molar-refractivity contribution is 6.30. The van der Waals surface area contributed by atoms with E-state index in [4.69, 9.17) is 21.3 Å². The number of nitrogens with one attached hydrogen (secondary N) is 1. The summed E-state index contributed by atoms with van der Waals surface area (Å²) in [5.41, 5.74) is 4.00. The molecule has 2 fully saturated rings. The van der Waals surface area contributed by atoms with E-state index < -0.39 is 0 Å². The highest BCUT2D eigenvalue weighted by Gasteiger charge is 2.39. The van der Waals surface area contributed by atoms with Gasteiger partial charge in [-0.25, -0.2) is 4.52 Å². The molecule has 0 unspecified atom stereocenters. The SMILES string of the molecule is CCOC(=O)CC1(c2ccc(Cl)cc2)CCN(c2cccn3nc(Nc4ccc(C(=O)N(C)C5CCN(C)CC5)cc4)nc23)CC1. The molecule has 4 aromatic rings. The Labute approximate surface area is 275 Å². The number of nitrogens with zero attached hydrogens (tertiary/aromatic N) is 6. The average Bonchev–Trinajstić information content (AvgIpc) is 3.48. The number of benzene rings is 2. The van der Waals surface area contributed by atoms with Crippen LogP contribution in [-0.2, 0) is 14.9 Å².